The van der Waals surface area contributed by atoms with E-state index in [1.807, 2.05) is 0 Å². The van der Waals surface area contributed by atoms with E-state index in [0.717, 1.165) is 64.3 Å². The zero-order chi connectivity index (χ0) is 16.0. The molecule has 0 aromatic rings. The fraction of sp³-hybridized carbons (Fsp3) is 1.00. The number of thiol groups is 1. The van der Waals surface area contributed by atoms with E-state index < -0.39 is 6.57 Å². The van der Waals surface area contributed by atoms with Gasteiger partial charge in [-0.15, -0.1) is 0 Å². The molecule has 0 radical (unpaired) electrons. The third-order valence-electron chi connectivity index (χ3n) is 3.87. The minimum Gasteiger partial charge on any atom is -0.330 e. The first kappa shape index (κ1) is 21.5. The third-order valence-corrected chi connectivity index (χ3v) is 7.19. The first-order chi connectivity index (χ1) is 10.1. The van der Waals surface area contributed by atoms with Crippen LogP contribution in [0.15, 0.2) is 0 Å². The molecule has 3 nitrogen and oxygen atoms in total. The van der Waals surface area contributed by atoms with Gasteiger partial charge in [-0.05, 0) is 32.2 Å². The first-order valence-corrected chi connectivity index (χ1v) is 11.6. The standard InChI is InChI=1S/C16H36NO2PS/c1-3-5-9-13-16(12-6-4-2)20(18,21)19-15-11-8-7-10-14-17/h16H,3-15,17H2,1-2H3,(H,18,21). The number of hydrogen-bond acceptors (Lipinski definition) is 3. The summed E-state index contributed by atoms with van der Waals surface area (Å²) in [5.41, 5.74) is 5.60. The molecule has 0 aromatic heterocycles. The Balaban J connectivity index is 4.11. The summed E-state index contributed by atoms with van der Waals surface area (Å²) in [5.74, 6) is 0. The molecule has 2 N–H and O–H groups in total. The second-order valence-corrected chi connectivity index (χ2v) is 9.68. The molecule has 5 heteroatoms. The highest BCUT2D eigenvalue weighted by atomic mass is 32.7. The molecule has 2 atom stereocenters. The minimum absolute atomic E-state index is 0.136. The quantitative estimate of drug-likeness (QED) is 0.226. The molecular weight excluding hydrogens is 301 g/mol. The smallest absolute Gasteiger partial charge is 0.257 e. The van der Waals surface area contributed by atoms with Gasteiger partial charge in [0.15, 0.2) is 0 Å². The second kappa shape index (κ2) is 14.1. The van der Waals surface area contributed by atoms with Gasteiger partial charge in [-0.2, -0.15) is 0 Å². The summed E-state index contributed by atoms with van der Waals surface area (Å²) in [4.78, 5) is 0. The van der Waals surface area contributed by atoms with Crippen molar-refractivity contribution < 1.29 is 9.09 Å². The maximum atomic E-state index is 12.7. The summed E-state index contributed by atoms with van der Waals surface area (Å²) >= 11 is 4.41. The van der Waals surface area contributed by atoms with Crippen molar-refractivity contribution in [1.82, 2.24) is 0 Å². The Morgan fingerprint density at radius 3 is 2.19 bits per heavy atom. The van der Waals surface area contributed by atoms with Gasteiger partial charge in [0.05, 0.1) is 6.61 Å². The Hall–Kier alpha value is 0.500. The molecule has 0 saturated carbocycles. The van der Waals surface area contributed by atoms with Crippen LogP contribution in [-0.4, -0.2) is 18.8 Å². The predicted molar refractivity (Wildman–Crippen MR) is 97.5 cm³/mol. The predicted octanol–water partition coefficient (Wildman–Crippen LogP) is 5.78. The molecule has 21 heavy (non-hydrogen) atoms. The van der Waals surface area contributed by atoms with Crippen molar-refractivity contribution in [3.05, 3.63) is 0 Å². The van der Waals surface area contributed by atoms with E-state index in [1.54, 1.807) is 0 Å². The van der Waals surface area contributed by atoms with Gasteiger partial charge < -0.3 is 10.3 Å². The highest BCUT2D eigenvalue weighted by Crippen LogP contribution is 2.59. The molecule has 2 unspecified atom stereocenters. The summed E-state index contributed by atoms with van der Waals surface area (Å²) in [6.45, 7) is 2.93. The highest BCUT2D eigenvalue weighted by Gasteiger charge is 2.29. The largest absolute Gasteiger partial charge is 0.330 e. The van der Waals surface area contributed by atoms with Crippen LogP contribution >= 0.6 is 18.8 Å². The first-order valence-electron chi connectivity index (χ1n) is 8.75. The van der Waals surface area contributed by atoms with Crippen molar-refractivity contribution in [2.45, 2.75) is 90.1 Å². The van der Waals surface area contributed by atoms with Crippen molar-refractivity contribution in [1.29, 1.82) is 0 Å². The summed E-state index contributed by atoms with van der Waals surface area (Å²) < 4.78 is 18.4. The minimum atomic E-state index is -2.76. The van der Waals surface area contributed by atoms with E-state index in [2.05, 4.69) is 26.1 Å². The average molecular weight is 338 g/mol. The molecule has 0 bridgehead atoms. The Kier molecular flexibility index (Phi) is 14.5. The maximum Gasteiger partial charge on any atom is 0.257 e. The van der Waals surface area contributed by atoms with Gasteiger partial charge in [0, 0.05) is 5.66 Å². The summed E-state index contributed by atoms with van der Waals surface area (Å²) in [6.07, 6.45) is 12.0. The van der Waals surface area contributed by atoms with Crippen molar-refractivity contribution >= 4 is 18.8 Å². The monoisotopic (exact) mass is 337 g/mol. The summed E-state index contributed by atoms with van der Waals surface area (Å²) in [7, 11) is 0. The maximum absolute atomic E-state index is 12.7. The fourth-order valence-corrected chi connectivity index (χ4v) is 5.00. The van der Waals surface area contributed by atoms with E-state index in [1.165, 1.54) is 12.8 Å². The lowest BCUT2D eigenvalue weighted by molar-refractivity contribution is 0.303. The Morgan fingerprint density at radius 1 is 0.952 bits per heavy atom. The van der Waals surface area contributed by atoms with E-state index in [9.17, 15) is 4.57 Å². The molecule has 0 aliphatic carbocycles. The van der Waals surface area contributed by atoms with Crippen LogP contribution in [0, 0.1) is 0 Å². The molecule has 0 aliphatic heterocycles. The molecule has 0 amide bonds. The molecular formula is C16H36NO2PS. The highest BCUT2D eigenvalue weighted by molar-refractivity contribution is 8.46. The third kappa shape index (κ3) is 11.7. The van der Waals surface area contributed by atoms with Crippen LogP contribution in [0.1, 0.15) is 84.5 Å². The topological polar surface area (TPSA) is 52.3 Å². The molecule has 0 aliphatic rings. The zero-order valence-electron chi connectivity index (χ0n) is 14.1. The average Bonchev–Trinajstić information content (AvgIpc) is 2.46. The van der Waals surface area contributed by atoms with Crippen LogP contribution in [0.5, 0.6) is 0 Å². The van der Waals surface area contributed by atoms with Crippen LogP contribution in [-0.2, 0) is 9.09 Å². The van der Waals surface area contributed by atoms with E-state index >= 15 is 0 Å². The van der Waals surface area contributed by atoms with Crippen LogP contribution in [0.3, 0.4) is 0 Å². The SMILES string of the molecule is CCCCCC(CCCC)P(=O)(S)OCCCCCCN. The van der Waals surface area contributed by atoms with Gasteiger partial charge >= 0.3 is 0 Å². The fourth-order valence-electron chi connectivity index (χ4n) is 2.44. The van der Waals surface area contributed by atoms with E-state index in [0.29, 0.717) is 6.61 Å². The van der Waals surface area contributed by atoms with Crippen molar-refractivity contribution in [3.8, 4) is 0 Å². The molecule has 0 heterocycles. The number of unbranched alkanes of at least 4 members (excludes halogenated alkanes) is 6. The van der Waals surface area contributed by atoms with Gasteiger partial charge in [-0.3, -0.25) is 4.57 Å². The van der Waals surface area contributed by atoms with Gasteiger partial charge in [-0.25, -0.2) is 0 Å². The lowest BCUT2D eigenvalue weighted by atomic mass is 10.1. The van der Waals surface area contributed by atoms with E-state index in [4.69, 9.17) is 10.3 Å². The van der Waals surface area contributed by atoms with Gasteiger partial charge in [0.2, 0.25) is 0 Å². The molecule has 0 spiro atoms. The van der Waals surface area contributed by atoms with Crippen LogP contribution in [0.4, 0.5) is 0 Å². The van der Waals surface area contributed by atoms with Crippen molar-refractivity contribution in [2.24, 2.45) is 5.73 Å². The van der Waals surface area contributed by atoms with Gasteiger partial charge in [0.1, 0.15) is 0 Å². The lowest BCUT2D eigenvalue weighted by Crippen LogP contribution is -2.09. The summed E-state index contributed by atoms with van der Waals surface area (Å²) in [6, 6.07) is 0. The molecule has 0 fully saturated rings. The van der Waals surface area contributed by atoms with Crippen LogP contribution < -0.4 is 5.73 Å². The second-order valence-electron chi connectivity index (χ2n) is 5.89. The Bertz CT molecular complexity index is 277. The number of rotatable bonds is 15. The molecule has 0 aromatic carbocycles. The molecule has 0 saturated heterocycles. The Labute approximate surface area is 137 Å². The normalized spacial score (nSPS) is 15.8. The molecule has 128 valence electrons. The van der Waals surface area contributed by atoms with Crippen LogP contribution in [0.2, 0.25) is 0 Å². The number of hydrogen-bond donors (Lipinski definition) is 2. The summed E-state index contributed by atoms with van der Waals surface area (Å²) in [5, 5.41) is 0. The van der Waals surface area contributed by atoms with Crippen molar-refractivity contribution in [2.75, 3.05) is 13.2 Å². The van der Waals surface area contributed by atoms with Crippen molar-refractivity contribution in [3.63, 3.8) is 0 Å². The molecule has 0 rings (SSSR count). The number of nitrogens with two attached hydrogens (primary N) is 1. The van der Waals surface area contributed by atoms with Gasteiger partial charge in [-0.1, -0.05) is 71.0 Å². The Morgan fingerprint density at radius 2 is 1.57 bits per heavy atom. The van der Waals surface area contributed by atoms with Gasteiger partial charge in [0.25, 0.3) is 6.57 Å². The van der Waals surface area contributed by atoms with E-state index in [-0.39, 0.29) is 5.66 Å². The zero-order valence-corrected chi connectivity index (χ0v) is 15.8. The lowest BCUT2D eigenvalue weighted by Gasteiger charge is -2.23. The van der Waals surface area contributed by atoms with Crippen LogP contribution in [0.25, 0.3) is 0 Å².